The highest BCUT2D eigenvalue weighted by Gasteiger charge is 2.04. The molecule has 0 aliphatic heterocycles. The number of ether oxygens (including phenoxy) is 1. The molecule has 0 radical (unpaired) electrons. The van der Waals surface area contributed by atoms with Gasteiger partial charge in [-0.25, -0.2) is 0 Å². The highest BCUT2D eigenvalue weighted by atomic mass is 79.9. The van der Waals surface area contributed by atoms with Gasteiger partial charge in [0.1, 0.15) is 12.4 Å². The van der Waals surface area contributed by atoms with Crippen LogP contribution in [0.4, 0.5) is 0 Å². The van der Waals surface area contributed by atoms with Crippen LogP contribution in [0.15, 0.2) is 65.1 Å². The third-order valence-corrected chi connectivity index (χ3v) is 4.50. The summed E-state index contributed by atoms with van der Waals surface area (Å²) in [5.41, 5.74) is 2.22. The van der Waals surface area contributed by atoms with Crippen LogP contribution in [0.5, 0.6) is 5.75 Å². The minimum Gasteiger partial charge on any atom is -0.489 e. The highest BCUT2D eigenvalue weighted by molar-refractivity contribution is 9.10. The van der Waals surface area contributed by atoms with Gasteiger partial charge < -0.3 is 4.74 Å². The van der Waals surface area contributed by atoms with Gasteiger partial charge in [-0.05, 0) is 40.1 Å². The van der Waals surface area contributed by atoms with Gasteiger partial charge in [0.05, 0.1) is 0 Å². The lowest BCUT2D eigenvalue weighted by Gasteiger charge is -2.10. The number of hydrogen-bond acceptors (Lipinski definition) is 1. The Morgan fingerprint density at radius 3 is 2.57 bits per heavy atom. The monoisotopic (exact) mass is 360 g/mol. The van der Waals surface area contributed by atoms with Crippen molar-refractivity contribution < 1.29 is 4.74 Å². The number of alkyl halides is 1. The van der Waals surface area contributed by atoms with Crippen molar-refractivity contribution in [2.75, 3.05) is 0 Å². The fraction of sp³-hybridized carbons (Fsp3) is 0.111. The first-order valence-corrected chi connectivity index (χ1v) is 8.04. The lowest BCUT2D eigenvalue weighted by atomic mass is 10.1. The maximum Gasteiger partial charge on any atom is 0.120 e. The van der Waals surface area contributed by atoms with Crippen LogP contribution in [0, 0.1) is 0 Å². The maximum atomic E-state index is 5.92. The molecule has 0 unspecified atom stereocenters. The van der Waals surface area contributed by atoms with Gasteiger partial charge in [-0.15, -0.1) is 11.6 Å². The minimum atomic E-state index is 0.464. The van der Waals surface area contributed by atoms with Gasteiger partial charge in [0.25, 0.3) is 0 Å². The van der Waals surface area contributed by atoms with Crippen LogP contribution in [0.3, 0.4) is 0 Å². The van der Waals surface area contributed by atoms with E-state index in [0.29, 0.717) is 12.5 Å². The third-order valence-electron chi connectivity index (χ3n) is 3.44. The van der Waals surface area contributed by atoms with Crippen molar-refractivity contribution in [2.45, 2.75) is 12.5 Å². The van der Waals surface area contributed by atoms with Crippen LogP contribution in [-0.2, 0) is 12.5 Å². The molecular formula is C18H14BrClO. The third kappa shape index (κ3) is 3.22. The largest absolute Gasteiger partial charge is 0.489 e. The van der Waals surface area contributed by atoms with E-state index in [9.17, 15) is 0 Å². The predicted molar refractivity (Wildman–Crippen MR) is 92.0 cm³/mol. The zero-order chi connectivity index (χ0) is 14.7. The molecule has 0 N–H and O–H groups in total. The number of fused-ring (bicyclic) bond motifs is 1. The van der Waals surface area contributed by atoms with Gasteiger partial charge in [-0.3, -0.25) is 0 Å². The highest BCUT2D eigenvalue weighted by Crippen LogP contribution is 2.25. The zero-order valence-electron chi connectivity index (χ0n) is 11.4. The quantitative estimate of drug-likeness (QED) is 0.524. The van der Waals surface area contributed by atoms with E-state index in [4.69, 9.17) is 16.3 Å². The van der Waals surface area contributed by atoms with Gasteiger partial charge in [-0.1, -0.05) is 58.4 Å². The summed E-state index contributed by atoms with van der Waals surface area (Å²) in [5.74, 6) is 1.30. The lowest BCUT2D eigenvalue weighted by molar-refractivity contribution is 0.307. The Labute approximate surface area is 137 Å². The predicted octanol–water partition coefficient (Wildman–Crippen LogP) is 5.92. The molecule has 3 aromatic carbocycles. The van der Waals surface area contributed by atoms with Crippen molar-refractivity contribution in [1.82, 2.24) is 0 Å². The SMILES string of the molecule is ClCc1cc(OCc2cccc3ccccc23)ccc1Br. The Hall–Kier alpha value is -1.51. The molecule has 0 aliphatic carbocycles. The van der Waals surface area contributed by atoms with E-state index in [-0.39, 0.29) is 0 Å². The maximum absolute atomic E-state index is 5.92. The summed E-state index contributed by atoms with van der Waals surface area (Å²) in [6, 6.07) is 20.5. The van der Waals surface area contributed by atoms with Crippen LogP contribution in [-0.4, -0.2) is 0 Å². The van der Waals surface area contributed by atoms with E-state index < -0.39 is 0 Å². The first-order chi connectivity index (χ1) is 10.3. The van der Waals surface area contributed by atoms with Crippen molar-refractivity contribution in [3.63, 3.8) is 0 Å². The average Bonchev–Trinajstić information content (AvgIpc) is 2.54. The lowest BCUT2D eigenvalue weighted by Crippen LogP contribution is -1.97. The molecule has 0 fully saturated rings. The number of halogens is 2. The van der Waals surface area contributed by atoms with Gasteiger partial charge >= 0.3 is 0 Å². The van der Waals surface area contributed by atoms with Crippen LogP contribution in [0.2, 0.25) is 0 Å². The zero-order valence-corrected chi connectivity index (χ0v) is 13.7. The number of hydrogen-bond donors (Lipinski definition) is 0. The summed E-state index contributed by atoms with van der Waals surface area (Å²) >= 11 is 9.39. The number of benzene rings is 3. The molecule has 21 heavy (non-hydrogen) atoms. The molecule has 0 aromatic heterocycles. The Kier molecular flexibility index (Phi) is 4.47. The molecule has 3 aromatic rings. The second-order valence-corrected chi connectivity index (χ2v) is 5.94. The summed E-state index contributed by atoms with van der Waals surface area (Å²) < 4.78 is 6.93. The molecular weight excluding hydrogens is 348 g/mol. The first kappa shape index (κ1) is 14.4. The molecule has 0 aliphatic rings. The van der Waals surface area contributed by atoms with Crippen molar-refractivity contribution >= 4 is 38.3 Å². The van der Waals surface area contributed by atoms with Crippen molar-refractivity contribution in [1.29, 1.82) is 0 Å². The minimum absolute atomic E-state index is 0.464. The smallest absolute Gasteiger partial charge is 0.120 e. The summed E-state index contributed by atoms with van der Waals surface area (Å²) in [5, 5.41) is 2.46. The Bertz CT molecular complexity index is 765. The summed E-state index contributed by atoms with van der Waals surface area (Å²) in [7, 11) is 0. The Balaban J connectivity index is 1.83. The standard InChI is InChI=1S/C18H14BrClO/c19-18-9-8-16(10-15(18)11-20)21-12-14-6-3-5-13-4-1-2-7-17(13)14/h1-10H,11-12H2. The van der Waals surface area contributed by atoms with Crippen molar-refractivity contribution in [3.05, 3.63) is 76.3 Å². The topological polar surface area (TPSA) is 9.23 Å². The molecule has 0 heterocycles. The van der Waals surface area contributed by atoms with Crippen LogP contribution in [0.25, 0.3) is 10.8 Å². The molecule has 106 valence electrons. The average molecular weight is 362 g/mol. The van der Waals surface area contributed by atoms with Gasteiger partial charge in [-0.2, -0.15) is 0 Å². The second-order valence-electron chi connectivity index (χ2n) is 4.81. The Morgan fingerprint density at radius 2 is 1.71 bits per heavy atom. The normalized spacial score (nSPS) is 10.8. The van der Waals surface area contributed by atoms with Gasteiger partial charge in [0.2, 0.25) is 0 Å². The van der Waals surface area contributed by atoms with Crippen molar-refractivity contribution in [2.24, 2.45) is 0 Å². The fourth-order valence-corrected chi connectivity index (χ4v) is 3.09. The molecule has 0 saturated carbocycles. The van der Waals surface area contributed by atoms with Gasteiger partial charge in [0.15, 0.2) is 0 Å². The van der Waals surface area contributed by atoms with E-state index >= 15 is 0 Å². The molecule has 3 heteroatoms. The van der Waals surface area contributed by atoms with Crippen molar-refractivity contribution in [3.8, 4) is 5.75 Å². The molecule has 0 saturated heterocycles. The molecule has 0 amide bonds. The summed E-state index contributed by atoms with van der Waals surface area (Å²) in [6.07, 6.45) is 0. The van der Waals surface area contributed by atoms with E-state index in [2.05, 4.69) is 58.4 Å². The summed E-state index contributed by atoms with van der Waals surface area (Å²) in [4.78, 5) is 0. The molecule has 0 atom stereocenters. The molecule has 0 spiro atoms. The summed E-state index contributed by atoms with van der Waals surface area (Å²) in [6.45, 7) is 0.546. The van der Waals surface area contributed by atoms with Crippen LogP contribution in [0.1, 0.15) is 11.1 Å². The van der Waals surface area contributed by atoms with E-state index in [1.807, 2.05) is 18.2 Å². The molecule has 3 rings (SSSR count). The van der Waals surface area contributed by atoms with Gasteiger partial charge in [0, 0.05) is 10.4 Å². The molecule has 1 nitrogen and oxygen atoms in total. The van der Waals surface area contributed by atoms with E-state index in [0.717, 1.165) is 15.8 Å². The number of rotatable bonds is 4. The Morgan fingerprint density at radius 1 is 0.905 bits per heavy atom. The van der Waals surface area contributed by atoms with Crippen LogP contribution >= 0.6 is 27.5 Å². The van der Waals surface area contributed by atoms with Crippen LogP contribution < -0.4 is 4.74 Å². The first-order valence-electron chi connectivity index (χ1n) is 6.72. The van der Waals surface area contributed by atoms with E-state index in [1.54, 1.807) is 0 Å². The second kappa shape index (κ2) is 6.50. The van der Waals surface area contributed by atoms with E-state index in [1.165, 1.54) is 16.3 Å². The fourth-order valence-electron chi connectivity index (χ4n) is 2.32. The molecule has 0 bridgehead atoms.